The van der Waals surface area contributed by atoms with Gasteiger partial charge in [0.05, 0.1) is 4.90 Å². The summed E-state index contributed by atoms with van der Waals surface area (Å²) in [6.07, 6.45) is 1.67. The molecule has 1 fully saturated rings. The van der Waals surface area contributed by atoms with Crippen LogP contribution in [0.5, 0.6) is 0 Å². The second-order valence-electron chi connectivity index (χ2n) is 5.37. The molecular formula is C14H21N3O3S. The lowest BCUT2D eigenvalue weighted by Crippen LogP contribution is -2.39. The summed E-state index contributed by atoms with van der Waals surface area (Å²) >= 11 is 0. The number of nitrogens with zero attached hydrogens (tertiary/aromatic N) is 1. The molecule has 1 heterocycles. The Morgan fingerprint density at radius 3 is 2.24 bits per heavy atom. The molecule has 2 rings (SSSR count). The summed E-state index contributed by atoms with van der Waals surface area (Å²) in [5.41, 5.74) is 11.6. The quantitative estimate of drug-likeness (QED) is 0.822. The number of sulfonamides is 1. The second kappa shape index (κ2) is 6.55. The Hall–Kier alpha value is -1.44. The molecule has 6 nitrogen and oxygen atoms in total. The number of rotatable bonds is 5. The Morgan fingerprint density at radius 2 is 1.76 bits per heavy atom. The van der Waals surface area contributed by atoms with E-state index in [0.717, 1.165) is 5.56 Å². The lowest BCUT2D eigenvalue weighted by molar-refractivity contribution is -0.119. The maximum Gasteiger partial charge on any atom is 0.243 e. The fraction of sp³-hybridized carbons (Fsp3) is 0.500. The maximum absolute atomic E-state index is 12.5. The van der Waals surface area contributed by atoms with Crippen molar-refractivity contribution in [2.45, 2.75) is 30.7 Å². The molecule has 1 aromatic rings. The van der Waals surface area contributed by atoms with E-state index in [0.29, 0.717) is 38.9 Å². The van der Waals surface area contributed by atoms with E-state index in [-0.39, 0.29) is 16.7 Å². The summed E-state index contributed by atoms with van der Waals surface area (Å²) in [7, 11) is -3.46. The number of carbonyl (C=O) groups is 1. The van der Waals surface area contributed by atoms with Gasteiger partial charge in [0, 0.05) is 26.1 Å². The highest BCUT2D eigenvalue weighted by Gasteiger charge is 2.29. The van der Waals surface area contributed by atoms with Crippen LogP contribution < -0.4 is 11.5 Å². The van der Waals surface area contributed by atoms with Crippen LogP contribution in [0.3, 0.4) is 0 Å². The molecule has 0 radical (unpaired) electrons. The number of amides is 1. The van der Waals surface area contributed by atoms with Gasteiger partial charge in [0.25, 0.3) is 0 Å². The molecule has 0 aromatic heterocycles. The van der Waals surface area contributed by atoms with Gasteiger partial charge in [-0.25, -0.2) is 8.42 Å². The molecule has 4 N–H and O–H groups in total. The minimum absolute atomic E-state index is 0.188. The van der Waals surface area contributed by atoms with E-state index in [9.17, 15) is 13.2 Å². The zero-order valence-corrected chi connectivity index (χ0v) is 12.7. The van der Waals surface area contributed by atoms with Gasteiger partial charge in [-0.05, 0) is 36.5 Å². The van der Waals surface area contributed by atoms with Crippen LogP contribution in [-0.4, -0.2) is 31.7 Å². The summed E-state index contributed by atoms with van der Waals surface area (Å²) in [6, 6.07) is 6.64. The van der Waals surface area contributed by atoms with Gasteiger partial charge in [0.2, 0.25) is 15.9 Å². The topological polar surface area (TPSA) is 106 Å². The molecular weight excluding hydrogens is 290 g/mol. The summed E-state index contributed by atoms with van der Waals surface area (Å²) in [5, 5.41) is 0. The van der Waals surface area contributed by atoms with Crippen LogP contribution in [0, 0.1) is 5.92 Å². The minimum atomic E-state index is -3.46. The SMILES string of the molecule is NCc1ccc(S(=O)(=O)N2CCC(CC(N)=O)CC2)cc1. The number of carbonyl (C=O) groups excluding carboxylic acids is 1. The van der Waals surface area contributed by atoms with E-state index >= 15 is 0 Å². The lowest BCUT2D eigenvalue weighted by Gasteiger charge is -2.30. The molecule has 0 bridgehead atoms. The van der Waals surface area contributed by atoms with Crippen molar-refractivity contribution in [3.8, 4) is 0 Å². The summed E-state index contributed by atoms with van der Waals surface area (Å²) in [4.78, 5) is 11.2. The van der Waals surface area contributed by atoms with Crippen molar-refractivity contribution < 1.29 is 13.2 Å². The molecule has 0 aliphatic carbocycles. The van der Waals surface area contributed by atoms with Gasteiger partial charge >= 0.3 is 0 Å². The first-order chi connectivity index (χ1) is 9.93. The van der Waals surface area contributed by atoms with Gasteiger partial charge in [-0.3, -0.25) is 4.79 Å². The van der Waals surface area contributed by atoms with Gasteiger partial charge in [-0.15, -0.1) is 0 Å². The van der Waals surface area contributed by atoms with Crippen LogP contribution in [0.15, 0.2) is 29.2 Å². The number of hydrogen-bond acceptors (Lipinski definition) is 4. The molecule has 1 amide bonds. The molecule has 1 aromatic carbocycles. The van der Waals surface area contributed by atoms with E-state index in [4.69, 9.17) is 11.5 Å². The van der Waals surface area contributed by atoms with Crippen molar-refractivity contribution in [2.24, 2.45) is 17.4 Å². The first-order valence-electron chi connectivity index (χ1n) is 7.01. The fourth-order valence-electron chi connectivity index (χ4n) is 2.58. The fourth-order valence-corrected chi connectivity index (χ4v) is 4.05. The predicted molar refractivity (Wildman–Crippen MR) is 79.6 cm³/mol. The molecule has 1 saturated heterocycles. The third-order valence-corrected chi connectivity index (χ3v) is 5.77. The zero-order chi connectivity index (χ0) is 15.5. The number of piperidine rings is 1. The molecule has 0 unspecified atom stereocenters. The third kappa shape index (κ3) is 3.81. The van der Waals surface area contributed by atoms with E-state index in [2.05, 4.69) is 0 Å². The standard InChI is InChI=1S/C14H21N3O3S/c15-10-12-1-3-13(4-2-12)21(19,20)17-7-5-11(6-8-17)9-14(16)18/h1-4,11H,5-10,15H2,(H2,16,18). The van der Waals surface area contributed by atoms with Crippen molar-refractivity contribution in [1.29, 1.82) is 0 Å². The summed E-state index contributed by atoms with van der Waals surface area (Å²) < 4.78 is 26.5. The Balaban J connectivity index is 2.05. The van der Waals surface area contributed by atoms with Crippen molar-refractivity contribution in [3.63, 3.8) is 0 Å². The Labute approximate surface area is 125 Å². The van der Waals surface area contributed by atoms with Crippen molar-refractivity contribution in [1.82, 2.24) is 4.31 Å². The van der Waals surface area contributed by atoms with E-state index in [1.54, 1.807) is 24.3 Å². The first-order valence-corrected chi connectivity index (χ1v) is 8.45. The van der Waals surface area contributed by atoms with E-state index in [1.807, 2.05) is 0 Å². The third-order valence-electron chi connectivity index (χ3n) is 3.86. The molecule has 0 saturated carbocycles. The normalized spacial score (nSPS) is 17.8. The number of benzene rings is 1. The average Bonchev–Trinajstić information content (AvgIpc) is 2.47. The highest BCUT2D eigenvalue weighted by atomic mass is 32.2. The molecule has 7 heteroatoms. The molecule has 116 valence electrons. The Kier molecular flexibility index (Phi) is 4.97. The van der Waals surface area contributed by atoms with E-state index < -0.39 is 10.0 Å². The lowest BCUT2D eigenvalue weighted by atomic mass is 9.94. The largest absolute Gasteiger partial charge is 0.370 e. The Bertz CT molecular complexity index is 590. The Morgan fingerprint density at radius 1 is 1.19 bits per heavy atom. The van der Waals surface area contributed by atoms with Gasteiger partial charge in [0.15, 0.2) is 0 Å². The van der Waals surface area contributed by atoms with Gasteiger partial charge in [0.1, 0.15) is 0 Å². The molecule has 1 aliphatic rings. The van der Waals surface area contributed by atoms with Crippen LogP contribution >= 0.6 is 0 Å². The smallest absolute Gasteiger partial charge is 0.243 e. The predicted octanol–water partition coefficient (Wildman–Crippen LogP) is 0.421. The molecule has 21 heavy (non-hydrogen) atoms. The monoisotopic (exact) mass is 311 g/mol. The number of hydrogen-bond donors (Lipinski definition) is 2. The van der Waals surface area contributed by atoms with Gasteiger partial charge in [-0.1, -0.05) is 12.1 Å². The van der Waals surface area contributed by atoms with Crippen molar-refractivity contribution in [2.75, 3.05) is 13.1 Å². The van der Waals surface area contributed by atoms with Crippen molar-refractivity contribution in [3.05, 3.63) is 29.8 Å². The maximum atomic E-state index is 12.5. The second-order valence-corrected chi connectivity index (χ2v) is 7.30. The highest BCUT2D eigenvalue weighted by molar-refractivity contribution is 7.89. The molecule has 1 aliphatic heterocycles. The molecule has 0 spiro atoms. The highest BCUT2D eigenvalue weighted by Crippen LogP contribution is 2.25. The summed E-state index contributed by atoms with van der Waals surface area (Å²) in [6.45, 7) is 1.25. The van der Waals surface area contributed by atoms with Crippen molar-refractivity contribution >= 4 is 15.9 Å². The zero-order valence-electron chi connectivity index (χ0n) is 11.9. The number of nitrogens with two attached hydrogens (primary N) is 2. The molecule has 0 atom stereocenters. The minimum Gasteiger partial charge on any atom is -0.370 e. The van der Waals surface area contributed by atoms with E-state index in [1.165, 1.54) is 4.31 Å². The van der Waals surface area contributed by atoms with Crippen LogP contribution in [0.25, 0.3) is 0 Å². The van der Waals surface area contributed by atoms with Crippen LogP contribution in [0.4, 0.5) is 0 Å². The van der Waals surface area contributed by atoms with Crippen LogP contribution in [0.2, 0.25) is 0 Å². The number of primary amides is 1. The van der Waals surface area contributed by atoms with Crippen LogP contribution in [0.1, 0.15) is 24.8 Å². The first kappa shape index (κ1) is 15.9. The summed E-state index contributed by atoms with van der Waals surface area (Å²) in [5.74, 6) is -0.137. The van der Waals surface area contributed by atoms with Crippen LogP contribution in [-0.2, 0) is 21.4 Å². The van der Waals surface area contributed by atoms with Gasteiger partial charge in [-0.2, -0.15) is 4.31 Å². The average molecular weight is 311 g/mol. The van der Waals surface area contributed by atoms with Gasteiger partial charge < -0.3 is 11.5 Å².